The second-order valence-corrected chi connectivity index (χ2v) is 4.91. The Balaban J connectivity index is 2.54. The molecule has 0 spiro atoms. The largest absolute Gasteiger partial charge is 0.323 e. The van der Waals surface area contributed by atoms with E-state index in [1.54, 1.807) is 18.3 Å². The molecule has 0 bridgehead atoms. The summed E-state index contributed by atoms with van der Waals surface area (Å²) in [6, 6.07) is 3.07. The molecule has 0 aliphatic heterocycles. The molecule has 1 amide bonds. The van der Waals surface area contributed by atoms with Crippen molar-refractivity contribution in [3.63, 3.8) is 0 Å². The molecule has 1 unspecified atom stereocenters. The van der Waals surface area contributed by atoms with Crippen LogP contribution in [-0.2, 0) is 4.79 Å². The summed E-state index contributed by atoms with van der Waals surface area (Å²) in [7, 11) is 0. The van der Waals surface area contributed by atoms with Crippen LogP contribution >= 0.6 is 15.9 Å². The number of nitrogens with one attached hydrogen (secondary N) is 1. The van der Waals surface area contributed by atoms with Crippen molar-refractivity contribution in [2.24, 2.45) is 11.7 Å². The Morgan fingerprint density at radius 2 is 2.25 bits per heavy atom. The lowest BCUT2D eigenvalue weighted by atomic mass is 10.0. The number of nitrogens with zero attached hydrogens (tertiary/aromatic N) is 1. The molecule has 0 aliphatic carbocycles. The van der Waals surface area contributed by atoms with Crippen LogP contribution in [0.25, 0.3) is 0 Å². The Hall–Kier alpha value is -0.940. The minimum Gasteiger partial charge on any atom is -0.323 e. The van der Waals surface area contributed by atoms with Gasteiger partial charge in [0.05, 0.1) is 17.9 Å². The highest BCUT2D eigenvalue weighted by molar-refractivity contribution is 9.10. The van der Waals surface area contributed by atoms with Gasteiger partial charge in [0.2, 0.25) is 5.91 Å². The van der Waals surface area contributed by atoms with Crippen LogP contribution in [0.5, 0.6) is 0 Å². The average molecular weight is 286 g/mol. The van der Waals surface area contributed by atoms with E-state index in [9.17, 15) is 4.79 Å². The van der Waals surface area contributed by atoms with Gasteiger partial charge in [0.25, 0.3) is 0 Å². The number of halogens is 1. The molecular formula is C11H16BrN3O. The third-order valence-electron chi connectivity index (χ3n) is 2.06. The van der Waals surface area contributed by atoms with E-state index in [2.05, 4.69) is 26.2 Å². The molecule has 1 aromatic heterocycles. The Morgan fingerprint density at radius 3 is 2.75 bits per heavy atom. The van der Waals surface area contributed by atoms with Gasteiger partial charge in [-0.3, -0.25) is 4.79 Å². The first-order valence-corrected chi connectivity index (χ1v) is 5.96. The van der Waals surface area contributed by atoms with E-state index < -0.39 is 6.04 Å². The van der Waals surface area contributed by atoms with E-state index in [0.717, 1.165) is 4.60 Å². The summed E-state index contributed by atoms with van der Waals surface area (Å²) in [5.41, 5.74) is 6.41. The Bertz CT molecular complexity index is 351. The van der Waals surface area contributed by atoms with Crippen molar-refractivity contribution in [1.82, 2.24) is 4.98 Å². The van der Waals surface area contributed by atoms with Gasteiger partial charge in [-0.05, 0) is 40.4 Å². The fraction of sp³-hybridized carbons (Fsp3) is 0.455. The maximum Gasteiger partial charge on any atom is 0.241 e. The summed E-state index contributed by atoms with van der Waals surface area (Å²) >= 11 is 3.22. The molecule has 0 saturated heterocycles. The summed E-state index contributed by atoms with van der Waals surface area (Å²) in [6.07, 6.45) is 2.26. The van der Waals surface area contributed by atoms with Gasteiger partial charge in [-0.15, -0.1) is 0 Å². The molecule has 0 aromatic carbocycles. The van der Waals surface area contributed by atoms with Crippen molar-refractivity contribution in [1.29, 1.82) is 0 Å². The van der Waals surface area contributed by atoms with E-state index in [-0.39, 0.29) is 5.91 Å². The molecule has 0 radical (unpaired) electrons. The zero-order valence-corrected chi connectivity index (χ0v) is 11.0. The first-order chi connectivity index (χ1) is 7.49. The number of amides is 1. The minimum absolute atomic E-state index is 0.169. The number of anilines is 1. The van der Waals surface area contributed by atoms with Crippen molar-refractivity contribution in [3.8, 4) is 0 Å². The van der Waals surface area contributed by atoms with Crippen LogP contribution in [0.1, 0.15) is 20.3 Å². The second kappa shape index (κ2) is 5.96. The highest BCUT2D eigenvalue weighted by atomic mass is 79.9. The first kappa shape index (κ1) is 13.1. The lowest BCUT2D eigenvalue weighted by Gasteiger charge is -2.13. The Kier molecular flexibility index (Phi) is 4.89. The van der Waals surface area contributed by atoms with Crippen molar-refractivity contribution >= 4 is 27.5 Å². The quantitative estimate of drug-likeness (QED) is 0.833. The Labute approximate surface area is 104 Å². The van der Waals surface area contributed by atoms with Gasteiger partial charge in [-0.1, -0.05) is 13.8 Å². The van der Waals surface area contributed by atoms with Crippen molar-refractivity contribution in [3.05, 3.63) is 22.9 Å². The van der Waals surface area contributed by atoms with Crippen LogP contribution in [0.4, 0.5) is 5.69 Å². The van der Waals surface area contributed by atoms with E-state index >= 15 is 0 Å². The van der Waals surface area contributed by atoms with Crippen LogP contribution in [0, 0.1) is 5.92 Å². The number of hydrogen-bond donors (Lipinski definition) is 2. The maximum absolute atomic E-state index is 11.7. The van der Waals surface area contributed by atoms with Gasteiger partial charge in [-0.25, -0.2) is 4.98 Å². The summed E-state index contributed by atoms with van der Waals surface area (Å²) in [4.78, 5) is 15.7. The monoisotopic (exact) mass is 285 g/mol. The molecule has 3 N–H and O–H groups in total. The molecular weight excluding hydrogens is 270 g/mol. The number of rotatable bonds is 4. The van der Waals surface area contributed by atoms with Gasteiger partial charge in [0.1, 0.15) is 4.60 Å². The van der Waals surface area contributed by atoms with Crippen LogP contribution in [0.2, 0.25) is 0 Å². The minimum atomic E-state index is -0.469. The van der Waals surface area contributed by atoms with Crippen LogP contribution in [0.15, 0.2) is 22.9 Å². The molecule has 16 heavy (non-hydrogen) atoms. The zero-order valence-electron chi connectivity index (χ0n) is 9.40. The highest BCUT2D eigenvalue weighted by Crippen LogP contribution is 2.11. The molecule has 88 valence electrons. The summed E-state index contributed by atoms with van der Waals surface area (Å²) < 4.78 is 0.733. The molecule has 0 aliphatic rings. The number of aromatic nitrogens is 1. The normalized spacial score (nSPS) is 12.6. The summed E-state index contributed by atoms with van der Waals surface area (Å²) in [5, 5.41) is 2.73. The highest BCUT2D eigenvalue weighted by Gasteiger charge is 2.14. The molecule has 0 saturated carbocycles. The average Bonchev–Trinajstić information content (AvgIpc) is 2.20. The van der Waals surface area contributed by atoms with Gasteiger partial charge in [-0.2, -0.15) is 0 Å². The third kappa shape index (κ3) is 4.28. The number of nitrogens with two attached hydrogens (primary N) is 1. The maximum atomic E-state index is 11.7. The molecule has 5 heteroatoms. The van der Waals surface area contributed by atoms with Crippen molar-refractivity contribution in [2.45, 2.75) is 26.3 Å². The predicted molar refractivity (Wildman–Crippen MR) is 68.0 cm³/mol. The number of pyridine rings is 1. The predicted octanol–water partition coefficient (Wildman–Crippen LogP) is 2.16. The van der Waals surface area contributed by atoms with E-state index in [1.165, 1.54) is 0 Å². The van der Waals surface area contributed by atoms with Crippen LogP contribution in [-0.4, -0.2) is 16.9 Å². The van der Waals surface area contributed by atoms with Crippen molar-refractivity contribution in [2.75, 3.05) is 5.32 Å². The van der Waals surface area contributed by atoms with Crippen LogP contribution in [0.3, 0.4) is 0 Å². The SMILES string of the molecule is CC(C)CC(N)C(=O)Nc1ccc(Br)nc1. The molecule has 1 aromatic rings. The van der Waals surface area contributed by atoms with E-state index in [1.807, 2.05) is 13.8 Å². The molecule has 4 nitrogen and oxygen atoms in total. The lowest BCUT2D eigenvalue weighted by Crippen LogP contribution is -2.36. The van der Waals surface area contributed by atoms with Crippen LogP contribution < -0.4 is 11.1 Å². The topological polar surface area (TPSA) is 68.0 Å². The van der Waals surface area contributed by atoms with E-state index in [4.69, 9.17) is 5.73 Å². The molecule has 1 rings (SSSR count). The zero-order chi connectivity index (χ0) is 12.1. The lowest BCUT2D eigenvalue weighted by molar-refractivity contribution is -0.117. The van der Waals surface area contributed by atoms with E-state index in [0.29, 0.717) is 18.0 Å². The molecule has 1 atom stereocenters. The van der Waals surface area contributed by atoms with Gasteiger partial charge in [0.15, 0.2) is 0 Å². The fourth-order valence-corrected chi connectivity index (χ4v) is 1.53. The Morgan fingerprint density at radius 1 is 1.56 bits per heavy atom. The number of hydrogen-bond acceptors (Lipinski definition) is 3. The third-order valence-corrected chi connectivity index (χ3v) is 2.53. The standard InChI is InChI=1S/C11H16BrN3O/c1-7(2)5-9(13)11(16)15-8-3-4-10(12)14-6-8/h3-4,6-7,9H,5,13H2,1-2H3,(H,15,16). The number of carbonyl (C=O) groups excluding carboxylic acids is 1. The fourth-order valence-electron chi connectivity index (χ4n) is 1.30. The molecule has 0 fully saturated rings. The van der Waals surface area contributed by atoms with Crippen molar-refractivity contribution < 1.29 is 4.79 Å². The van der Waals surface area contributed by atoms with Gasteiger partial charge >= 0.3 is 0 Å². The van der Waals surface area contributed by atoms with Gasteiger partial charge in [0, 0.05) is 0 Å². The molecule has 1 heterocycles. The first-order valence-electron chi connectivity index (χ1n) is 5.17. The summed E-state index contributed by atoms with van der Waals surface area (Å²) in [6.45, 7) is 4.07. The smallest absolute Gasteiger partial charge is 0.241 e. The number of carbonyl (C=O) groups is 1. The van der Waals surface area contributed by atoms with Gasteiger partial charge < -0.3 is 11.1 Å². The summed E-state index contributed by atoms with van der Waals surface area (Å²) in [5.74, 6) is 0.238. The second-order valence-electron chi connectivity index (χ2n) is 4.09.